The Morgan fingerprint density at radius 3 is 2.29 bits per heavy atom. The van der Waals surface area contributed by atoms with Gasteiger partial charge in [-0.3, -0.25) is 14.6 Å². The van der Waals surface area contributed by atoms with Crippen LogP contribution in [-0.4, -0.2) is 51.0 Å². The van der Waals surface area contributed by atoms with E-state index >= 15 is 0 Å². The summed E-state index contributed by atoms with van der Waals surface area (Å²) >= 11 is 0. The number of aromatic nitrogens is 1. The third-order valence-corrected chi connectivity index (χ3v) is 6.75. The molecule has 8 heteroatoms. The molecular formula is C23H27ClN4O2S. The minimum Gasteiger partial charge on any atom is -0.369 e. The number of pyridine rings is 1. The van der Waals surface area contributed by atoms with Crippen molar-refractivity contribution in [3.63, 3.8) is 0 Å². The largest absolute Gasteiger partial charge is 0.369 e. The first kappa shape index (κ1) is 23.1. The zero-order valence-electron chi connectivity index (χ0n) is 17.2. The molecule has 0 saturated carbocycles. The van der Waals surface area contributed by atoms with Crippen LogP contribution >= 0.6 is 12.4 Å². The van der Waals surface area contributed by atoms with Gasteiger partial charge in [0.05, 0.1) is 5.69 Å². The quantitative estimate of drug-likeness (QED) is 0.585. The molecule has 1 saturated heterocycles. The lowest BCUT2D eigenvalue weighted by atomic mass is 10.1. The van der Waals surface area contributed by atoms with Gasteiger partial charge in [-0.25, -0.2) is 8.42 Å². The molecule has 2 aromatic carbocycles. The highest BCUT2D eigenvalue weighted by Crippen LogP contribution is 2.21. The van der Waals surface area contributed by atoms with Crippen molar-refractivity contribution in [2.45, 2.75) is 11.3 Å². The Labute approximate surface area is 190 Å². The number of nitrogens with one attached hydrogen (secondary N) is 1. The molecule has 0 aliphatic carbocycles. The monoisotopic (exact) mass is 458 g/mol. The molecule has 0 atom stereocenters. The molecule has 2 heterocycles. The van der Waals surface area contributed by atoms with E-state index in [0.29, 0.717) is 5.69 Å². The second-order valence-corrected chi connectivity index (χ2v) is 9.05. The topological polar surface area (TPSA) is 65.5 Å². The molecular weight excluding hydrogens is 432 g/mol. The van der Waals surface area contributed by atoms with Gasteiger partial charge in [-0.1, -0.05) is 36.4 Å². The fourth-order valence-corrected chi connectivity index (χ4v) is 4.76. The van der Waals surface area contributed by atoms with E-state index in [-0.39, 0.29) is 17.3 Å². The lowest BCUT2D eigenvalue weighted by molar-refractivity contribution is 0.261. The van der Waals surface area contributed by atoms with E-state index in [1.165, 1.54) is 11.9 Å². The average molecular weight is 459 g/mol. The zero-order chi connectivity index (χ0) is 20.8. The minimum atomic E-state index is -3.65. The number of hydrogen-bond acceptors (Lipinski definition) is 5. The predicted molar refractivity (Wildman–Crippen MR) is 128 cm³/mol. The number of hydrogen-bond donors (Lipinski definition) is 1. The molecule has 164 valence electrons. The summed E-state index contributed by atoms with van der Waals surface area (Å²) in [6, 6.07) is 21.3. The molecule has 1 aromatic heterocycles. The van der Waals surface area contributed by atoms with Gasteiger partial charge >= 0.3 is 0 Å². The standard InChI is InChI=1S/C23H26N4O2S.ClH/c28-30(29,22-10-6-13-24-19-22)25-23-11-5-4-7-20(23)12-14-26-15-17-27(18-16-26)21-8-2-1-3-9-21;/h1-11,13,19,25H,12,14-18H2;1H. The Morgan fingerprint density at radius 2 is 1.58 bits per heavy atom. The van der Waals surface area contributed by atoms with Crippen LogP contribution in [0.3, 0.4) is 0 Å². The van der Waals surface area contributed by atoms with E-state index in [9.17, 15) is 8.42 Å². The summed E-state index contributed by atoms with van der Waals surface area (Å²) < 4.78 is 28.1. The maximum Gasteiger partial charge on any atom is 0.263 e. The summed E-state index contributed by atoms with van der Waals surface area (Å²) in [7, 11) is -3.65. The fourth-order valence-electron chi connectivity index (χ4n) is 3.69. The van der Waals surface area contributed by atoms with Crippen molar-refractivity contribution < 1.29 is 8.42 Å². The maximum atomic E-state index is 12.7. The normalized spacial score (nSPS) is 14.6. The fraction of sp³-hybridized carbons (Fsp3) is 0.261. The molecule has 0 spiro atoms. The Kier molecular flexibility index (Phi) is 7.90. The first-order chi connectivity index (χ1) is 14.6. The van der Waals surface area contributed by atoms with E-state index in [0.717, 1.165) is 44.7 Å². The molecule has 0 amide bonds. The van der Waals surface area contributed by atoms with Crippen LogP contribution in [0.2, 0.25) is 0 Å². The molecule has 1 N–H and O–H groups in total. The van der Waals surface area contributed by atoms with Gasteiger partial charge in [-0.15, -0.1) is 12.4 Å². The lowest BCUT2D eigenvalue weighted by Gasteiger charge is -2.36. The highest BCUT2D eigenvalue weighted by atomic mass is 35.5. The number of nitrogens with zero attached hydrogens (tertiary/aromatic N) is 3. The van der Waals surface area contributed by atoms with E-state index in [1.54, 1.807) is 18.3 Å². The Hall–Kier alpha value is -2.61. The van der Waals surface area contributed by atoms with E-state index in [4.69, 9.17) is 0 Å². The van der Waals surface area contributed by atoms with Gasteiger partial charge in [0.2, 0.25) is 0 Å². The van der Waals surface area contributed by atoms with Crippen LogP contribution in [0.15, 0.2) is 84.0 Å². The van der Waals surface area contributed by atoms with Crippen LogP contribution in [-0.2, 0) is 16.4 Å². The Bertz CT molecular complexity index is 1060. The maximum absolute atomic E-state index is 12.7. The average Bonchev–Trinajstić information content (AvgIpc) is 2.80. The number of para-hydroxylation sites is 2. The van der Waals surface area contributed by atoms with Crippen LogP contribution in [0.4, 0.5) is 11.4 Å². The van der Waals surface area contributed by atoms with Crippen LogP contribution < -0.4 is 9.62 Å². The zero-order valence-corrected chi connectivity index (χ0v) is 18.9. The third-order valence-electron chi connectivity index (χ3n) is 5.40. The van der Waals surface area contributed by atoms with Crippen molar-refractivity contribution in [2.24, 2.45) is 0 Å². The highest BCUT2D eigenvalue weighted by molar-refractivity contribution is 7.92. The van der Waals surface area contributed by atoms with Crippen LogP contribution in [0.5, 0.6) is 0 Å². The molecule has 1 fully saturated rings. The van der Waals surface area contributed by atoms with Crippen molar-refractivity contribution >= 4 is 33.8 Å². The van der Waals surface area contributed by atoms with Crippen molar-refractivity contribution in [2.75, 3.05) is 42.3 Å². The van der Waals surface area contributed by atoms with Gasteiger partial charge in [0.15, 0.2) is 0 Å². The number of anilines is 2. The second kappa shape index (κ2) is 10.6. The van der Waals surface area contributed by atoms with Crippen molar-refractivity contribution in [1.29, 1.82) is 0 Å². The summed E-state index contributed by atoms with van der Waals surface area (Å²) in [5, 5.41) is 0. The van der Waals surface area contributed by atoms with E-state index in [1.807, 2.05) is 30.3 Å². The minimum absolute atomic E-state index is 0. The highest BCUT2D eigenvalue weighted by Gasteiger charge is 2.19. The number of piperazine rings is 1. The molecule has 1 aliphatic heterocycles. The number of rotatable bonds is 7. The Morgan fingerprint density at radius 1 is 0.871 bits per heavy atom. The lowest BCUT2D eigenvalue weighted by Crippen LogP contribution is -2.47. The number of benzene rings is 2. The number of sulfonamides is 1. The van der Waals surface area contributed by atoms with Crippen molar-refractivity contribution in [3.8, 4) is 0 Å². The smallest absolute Gasteiger partial charge is 0.263 e. The van der Waals surface area contributed by atoms with Gasteiger partial charge in [0, 0.05) is 50.8 Å². The molecule has 0 radical (unpaired) electrons. The molecule has 31 heavy (non-hydrogen) atoms. The summed E-state index contributed by atoms with van der Waals surface area (Å²) in [5.41, 5.74) is 2.90. The summed E-state index contributed by atoms with van der Waals surface area (Å²) in [6.07, 6.45) is 3.71. The van der Waals surface area contributed by atoms with Gasteiger partial charge in [0.25, 0.3) is 10.0 Å². The van der Waals surface area contributed by atoms with Crippen LogP contribution in [0.25, 0.3) is 0 Å². The number of halogens is 1. The molecule has 0 bridgehead atoms. The van der Waals surface area contributed by atoms with E-state index < -0.39 is 10.0 Å². The third kappa shape index (κ3) is 5.97. The molecule has 1 aliphatic rings. The summed E-state index contributed by atoms with van der Waals surface area (Å²) in [4.78, 5) is 8.92. The van der Waals surface area contributed by atoms with Gasteiger partial charge in [0.1, 0.15) is 4.90 Å². The molecule has 3 aromatic rings. The molecule has 6 nitrogen and oxygen atoms in total. The summed E-state index contributed by atoms with van der Waals surface area (Å²) in [6.45, 7) is 4.89. The molecule has 4 rings (SSSR count). The second-order valence-electron chi connectivity index (χ2n) is 7.37. The Balaban J connectivity index is 0.00000272. The van der Waals surface area contributed by atoms with Gasteiger partial charge < -0.3 is 4.90 Å². The van der Waals surface area contributed by atoms with Gasteiger partial charge in [-0.2, -0.15) is 0 Å². The van der Waals surface area contributed by atoms with Crippen molar-refractivity contribution in [3.05, 3.63) is 84.7 Å². The summed E-state index contributed by atoms with van der Waals surface area (Å²) in [5.74, 6) is 0. The predicted octanol–water partition coefficient (Wildman–Crippen LogP) is 3.67. The SMILES string of the molecule is Cl.O=S(=O)(Nc1ccccc1CCN1CCN(c2ccccc2)CC1)c1cccnc1. The molecule has 0 unspecified atom stereocenters. The van der Waals surface area contributed by atoms with Gasteiger partial charge in [-0.05, 0) is 42.3 Å². The van der Waals surface area contributed by atoms with E-state index in [2.05, 4.69) is 43.8 Å². The first-order valence-electron chi connectivity index (χ1n) is 10.1. The van der Waals surface area contributed by atoms with Crippen LogP contribution in [0, 0.1) is 0 Å². The van der Waals surface area contributed by atoms with Crippen LogP contribution in [0.1, 0.15) is 5.56 Å². The van der Waals surface area contributed by atoms with Crippen molar-refractivity contribution in [1.82, 2.24) is 9.88 Å². The first-order valence-corrected chi connectivity index (χ1v) is 11.6.